The maximum Gasteiger partial charge on any atom is 0.303 e. The van der Waals surface area contributed by atoms with E-state index in [4.69, 9.17) is 16.7 Å². The number of nitrogens with zero attached hydrogens (tertiary/aromatic N) is 3. The number of hydrogen-bond acceptors (Lipinski definition) is 4. The Hall–Kier alpha value is -1.66. The molecule has 0 saturated carbocycles. The van der Waals surface area contributed by atoms with Gasteiger partial charge in [-0.2, -0.15) is 0 Å². The molecule has 0 atom stereocenters. The average Bonchev–Trinajstić information content (AvgIpc) is 2.87. The zero-order valence-corrected chi connectivity index (χ0v) is 11.4. The van der Waals surface area contributed by atoms with Crippen LogP contribution in [-0.4, -0.2) is 25.7 Å². The Morgan fingerprint density at radius 3 is 3.05 bits per heavy atom. The van der Waals surface area contributed by atoms with Gasteiger partial charge in [0.1, 0.15) is 5.82 Å². The van der Waals surface area contributed by atoms with E-state index in [1.54, 1.807) is 0 Å². The van der Waals surface area contributed by atoms with Gasteiger partial charge in [0.15, 0.2) is 0 Å². The Labute approximate surface area is 117 Å². The molecule has 0 unspecified atom stereocenters. The van der Waals surface area contributed by atoms with Crippen molar-refractivity contribution in [3.63, 3.8) is 0 Å². The van der Waals surface area contributed by atoms with E-state index in [0.29, 0.717) is 17.9 Å². The number of fused-ring (bicyclic) bond motifs is 3. The van der Waals surface area contributed by atoms with Crippen LogP contribution in [0, 0.1) is 0 Å². The molecule has 2 aromatic heterocycles. The number of aliphatic carboxylic acids is 1. The van der Waals surface area contributed by atoms with Gasteiger partial charge in [-0.15, -0.1) is 10.2 Å². The van der Waals surface area contributed by atoms with Crippen LogP contribution in [-0.2, 0) is 11.2 Å². The number of rotatable bonds is 4. The van der Waals surface area contributed by atoms with Crippen molar-refractivity contribution in [3.05, 3.63) is 29.0 Å². The lowest BCUT2D eigenvalue weighted by atomic mass is 10.2. The Morgan fingerprint density at radius 1 is 1.42 bits per heavy atom. The lowest BCUT2D eigenvalue weighted by Crippen LogP contribution is -1.99. The van der Waals surface area contributed by atoms with E-state index >= 15 is 0 Å². The second-order valence-corrected chi connectivity index (χ2v) is 5.64. The van der Waals surface area contributed by atoms with E-state index in [9.17, 15) is 4.79 Å². The van der Waals surface area contributed by atoms with Gasteiger partial charge in [0.05, 0.1) is 10.2 Å². The largest absolute Gasteiger partial charge is 0.481 e. The summed E-state index contributed by atoms with van der Waals surface area (Å²) in [6, 6.07) is 5.67. The fraction of sp³-hybridized carbons (Fsp3) is 0.250. The van der Waals surface area contributed by atoms with Gasteiger partial charge in [0, 0.05) is 17.9 Å². The molecule has 0 aliphatic rings. The van der Waals surface area contributed by atoms with Gasteiger partial charge in [-0.3, -0.25) is 9.20 Å². The molecule has 1 aromatic carbocycles. The molecule has 0 aliphatic carbocycles. The van der Waals surface area contributed by atoms with Gasteiger partial charge >= 0.3 is 5.97 Å². The molecule has 0 saturated heterocycles. The molecule has 19 heavy (non-hydrogen) atoms. The molecule has 3 aromatic rings. The number of thiazole rings is 1. The average molecular weight is 296 g/mol. The zero-order chi connectivity index (χ0) is 13.4. The highest BCUT2D eigenvalue weighted by molar-refractivity contribution is 7.23. The molecule has 0 radical (unpaired) electrons. The molecule has 0 fully saturated rings. The third-order valence-electron chi connectivity index (χ3n) is 2.86. The molecule has 0 amide bonds. The molecular formula is C12H10ClN3O2S. The standard InChI is InChI=1S/C12H10ClN3O2S/c13-7-4-5-8-9(6-7)19-12-15-14-10(16(8)12)2-1-3-11(17)18/h4-6H,1-3H2,(H,17,18). The summed E-state index contributed by atoms with van der Waals surface area (Å²) in [5.41, 5.74) is 1.01. The van der Waals surface area contributed by atoms with E-state index in [0.717, 1.165) is 21.0 Å². The first kappa shape index (κ1) is 12.4. The first-order valence-electron chi connectivity index (χ1n) is 5.79. The molecule has 0 aliphatic heterocycles. The summed E-state index contributed by atoms with van der Waals surface area (Å²) in [5, 5.41) is 17.6. The minimum absolute atomic E-state index is 0.142. The quantitative estimate of drug-likeness (QED) is 0.803. The summed E-state index contributed by atoms with van der Waals surface area (Å²) < 4.78 is 3.02. The Kier molecular flexibility index (Phi) is 3.12. The van der Waals surface area contributed by atoms with Crippen molar-refractivity contribution in [3.8, 4) is 0 Å². The van der Waals surface area contributed by atoms with E-state index < -0.39 is 5.97 Å². The summed E-state index contributed by atoms with van der Waals surface area (Å²) in [6.45, 7) is 0. The topological polar surface area (TPSA) is 67.5 Å². The summed E-state index contributed by atoms with van der Waals surface area (Å²) in [7, 11) is 0. The summed E-state index contributed by atoms with van der Waals surface area (Å²) in [6.07, 6.45) is 1.30. The van der Waals surface area contributed by atoms with Gasteiger partial charge in [0.25, 0.3) is 0 Å². The summed E-state index contributed by atoms with van der Waals surface area (Å²) >= 11 is 7.49. The number of halogens is 1. The molecular weight excluding hydrogens is 286 g/mol. The maximum absolute atomic E-state index is 10.5. The number of aryl methyl sites for hydroxylation is 1. The van der Waals surface area contributed by atoms with Crippen molar-refractivity contribution in [2.45, 2.75) is 19.3 Å². The van der Waals surface area contributed by atoms with Crippen LogP contribution < -0.4 is 0 Å². The van der Waals surface area contributed by atoms with Crippen molar-refractivity contribution in [2.24, 2.45) is 0 Å². The first-order valence-corrected chi connectivity index (χ1v) is 6.98. The van der Waals surface area contributed by atoms with Crippen LogP contribution >= 0.6 is 22.9 Å². The molecule has 7 heteroatoms. The van der Waals surface area contributed by atoms with Crippen LogP contribution in [0.1, 0.15) is 18.7 Å². The Morgan fingerprint density at radius 2 is 2.26 bits per heavy atom. The highest BCUT2D eigenvalue weighted by atomic mass is 35.5. The highest BCUT2D eigenvalue weighted by Gasteiger charge is 2.12. The van der Waals surface area contributed by atoms with Crippen LogP contribution in [0.3, 0.4) is 0 Å². The highest BCUT2D eigenvalue weighted by Crippen LogP contribution is 2.29. The zero-order valence-electron chi connectivity index (χ0n) is 9.84. The van der Waals surface area contributed by atoms with Crippen LogP contribution in [0.15, 0.2) is 18.2 Å². The van der Waals surface area contributed by atoms with Crippen LogP contribution in [0.5, 0.6) is 0 Å². The molecule has 5 nitrogen and oxygen atoms in total. The third-order valence-corrected chi connectivity index (χ3v) is 4.08. The summed E-state index contributed by atoms with van der Waals surface area (Å²) in [4.78, 5) is 11.3. The van der Waals surface area contributed by atoms with Crippen molar-refractivity contribution < 1.29 is 9.90 Å². The molecule has 0 bridgehead atoms. The van der Waals surface area contributed by atoms with Crippen LogP contribution in [0.25, 0.3) is 15.2 Å². The Balaban J connectivity index is 2.01. The molecule has 3 rings (SSSR count). The van der Waals surface area contributed by atoms with E-state index in [1.165, 1.54) is 11.3 Å². The molecule has 0 spiro atoms. The third kappa shape index (κ3) is 2.29. The predicted molar refractivity (Wildman–Crippen MR) is 74.0 cm³/mol. The van der Waals surface area contributed by atoms with Crippen molar-refractivity contribution >= 4 is 44.1 Å². The second kappa shape index (κ2) is 4.79. The van der Waals surface area contributed by atoms with Crippen LogP contribution in [0.4, 0.5) is 0 Å². The van der Waals surface area contributed by atoms with Crippen molar-refractivity contribution in [1.82, 2.24) is 14.6 Å². The predicted octanol–water partition coefficient (Wildman–Crippen LogP) is 3.00. The number of benzene rings is 1. The SMILES string of the molecule is O=C(O)CCCc1nnc2sc3cc(Cl)ccc3n12. The van der Waals surface area contributed by atoms with Gasteiger partial charge < -0.3 is 5.11 Å². The number of carboxylic acid groups (broad SMARTS) is 1. The van der Waals surface area contributed by atoms with Gasteiger partial charge in [-0.25, -0.2) is 0 Å². The van der Waals surface area contributed by atoms with E-state index in [1.807, 2.05) is 22.6 Å². The lowest BCUT2D eigenvalue weighted by molar-refractivity contribution is -0.137. The molecule has 2 heterocycles. The molecule has 98 valence electrons. The number of hydrogen-bond donors (Lipinski definition) is 1. The normalized spacial score (nSPS) is 11.4. The smallest absolute Gasteiger partial charge is 0.303 e. The van der Waals surface area contributed by atoms with Crippen LogP contribution in [0.2, 0.25) is 5.02 Å². The fourth-order valence-electron chi connectivity index (χ4n) is 2.02. The number of aromatic nitrogens is 3. The van der Waals surface area contributed by atoms with Gasteiger partial charge in [-0.05, 0) is 24.6 Å². The number of carboxylic acids is 1. The first-order chi connectivity index (χ1) is 9.15. The van der Waals surface area contributed by atoms with Crippen molar-refractivity contribution in [1.29, 1.82) is 0 Å². The summed E-state index contributed by atoms with van der Waals surface area (Å²) in [5.74, 6) is 0.00698. The van der Waals surface area contributed by atoms with E-state index in [-0.39, 0.29) is 6.42 Å². The van der Waals surface area contributed by atoms with E-state index in [2.05, 4.69) is 10.2 Å². The van der Waals surface area contributed by atoms with Gasteiger partial charge in [0.2, 0.25) is 4.96 Å². The lowest BCUT2D eigenvalue weighted by Gasteiger charge is -1.98. The van der Waals surface area contributed by atoms with Crippen molar-refractivity contribution in [2.75, 3.05) is 0 Å². The Bertz CT molecular complexity index is 765. The maximum atomic E-state index is 10.5. The minimum Gasteiger partial charge on any atom is -0.481 e. The van der Waals surface area contributed by atoms with Gasteiger partial charge in [-0.1, -0.05) is 22.9 Å². The minimum atomic E-state index is -0.789. The fourth-order valence-corrected chi connectivity index (χ4v) is 3.28. The second-order valence-electron chi connectivity index (χ2n) is 4.20. The molecule has 1 N–H and O–H groups in total. The monoisotopic (exact) mass is 295 g/mol. The number of carbonyl (C=O) groups is 1.